The van der Waals surface area contributed by atoms with Crippen LogP contribution in [0.15, 0.2) is 18.2 Å². The molecule has 20 heavy (non-hydrogen) atoms. The topological polar surface area (TPSA) is 92.7 Å². The Morgan fingerprint density at radius 2 is 2.05 bits per heavy atom. The second kappa shape index (κ2) is 6.91. The fourth-order valence-electron chi connectivity index (χ4n) is 1.59. The van der Waals surface area contributed by atoms with Crippen molar-refractivity contribution in [2.24, 2.45) is 0 Å². The zero-order valence-corrected chi connectivity index (χ0v) is 11.7. The average molecular weight is 300 g/mol. The van der Waals surface area contributed by atoms with Gasteiger partial charge in [-0.15, -0.1) is 0 Å². The first kappa shape index (κ1) is 16.0. The van der Waals surface area contributed by atoms with E-state index < -0.39 is 23.7 Å². The van der Waals surface area contributed by atoms with Crippen molar-refractivity contribution in [2.45, 2.75) is 19.4 Å². The third-order valence-electron chi connectivity index (χ3n) is 2.54. The quantitative estimate of drug-likeness (QED) is 0.777. The van der Waals surface area contributed by atoms with Gasteiger partial charge in [0, 0.05) is 18.9 Å². The lowest BCUT2D eigenvalue weighted by molar-refractivity contribution is -0.141. The van der Waals surface area contributed by atoms with Gasteiger partial charge in [0.15, 0.2) is 5.78 Å². The number of Topliss-reactive ketones (excluding diaryl/α,β-unsaturated/α-hetero) is 1. The van der Waals surface area contributed by atoms with Gasteiger partial charge in [-0.05, 0) is 18.2 Å². The molecule has 0 aliphatic rings. The minimum atomic E-state index is -1.27. The van der Waals surface area contributed by atoms with Crippen LogP contribution in [0, 0.1) is 0 Å². The standard InChI is InChI=1S/C13H14ClNO5/c1-7(16)15-10(13(18)19)6-11(17)8-3-4-12(20-2)9(14)5-8/h3-5,10H,6H2,1-2H3,(H,15,16)(H,18,19). The Kier molecular flexibility index (Phi) is 5.52. The van der Waals surface area contributed by atoms with Crippen molar-refractivity contribution >= 4 is 29.3 Å². The van der Waals surface area contributed by atoms with Crippen molar-refractivity contribution in [1.82, 2.24) is 5.32 Å². The summed E-state index contributed by atoms with van der Waals surface area (Å²) in [6.45, 7) is 1.19. The second-order valence-corrected chi connectivity index (χ2v) is 4.48. The number of hydrogen-bond donors (Lipinski definition) is 2. The Morgan fingerprint density at radius 3 is 2.50 bits per heavy atom. The number of rotatable bonds is 6. The van der Waals surface area contributed by atoms with Gasteiger partial charge in [-0.2, -0.15) is 0 Å². The highest BCUT2D eigenvalue weighted by atomic mass is 35.5. The summed E-state index contributed by atoms with van der Waals surface area (Å²) in [6, 6.07) is 3.14. The van der Waals surface area contributed by atoms with Crippen LogP contribution in [0.25, 0.3) is 0 Å². The normalized spacial score (nSPS) is 11.6. The summed E-state index contributed by atoms with van der Waals surface area (Å²) < 4.78 is 4.96. The number of methoxy groups -OCH3 is 1. The van der Waals surface area contributed by atoms with E-state index in [1.807, 2.05) is 0 Å². The van der Waals surface area contributed by atoms with Crippen LogP contribution < -0.4 is 10.1 Å². The number of hydrogen-bond acceptors (Lipinski definition) is 4. The average Bonchev–Trinajstić information content (AvgIpc) is 2.37. The fourth-order valence-corrected chi connectivity index (χ4v) is 1.85. The number of nitrogens with one attached hydrogen (secondary N) is 1. The van der Waals surface area contributed by atoms with E-state index in [1.165, 1.54) is 32.2 Å². The SMILES string of the molecule is COc1ccc(C(=O)CC(NC(C)=O)C(=O)O)cc1Cl. The van der Waals surface area contributed by atoms with Gasteiger partial charge in [-0.3, -0.25) is 9.59 Å². The molecule has 0 aliphatic heterocycles. The Hall–Kier alpha value is -2.08. The number of ether oxygens (including phenoxy) is 1. The highest BCUT2D eigenvalue weighted by Gasteiger charge is 2.23. The van der Waals surface area contributed by atoms with E-state index in [0.717, 1.165) is 0 Å². The summed E-state index contributed by atoms with van der Waals surface area (Å²) in [6.07, 6.45) is -0.350. The van der Waals surface area contributed by atoms with E-state index in [-0.39, 0.29) is 17.0 Å². The zero-order valence-electron chi connectivity index (χ0n) is 11.0. The lowest BCUT2D eigenvalue weighted by atomic mass is 10.0. The van der Waals surface area contributed by atoms with Crippen molar-refractivity contribution in [3.05, 3.63) is 28.8 Å². The summed E-state index contributed by atoms with van der Waals surface area (Å²) in [7, 11) is 1.44. The van der Waals surface area contributed by atoms with Crippen LogP contribution in [0.4, 0.5) is 0 Å². The molecule has 0 aliphatic carbocycles. The molecule has 1 atom stereocenters. The number of halogens is 1. The maximum absolute atomic E-state index is 12.0. The number of carboxylic acid groups (broad SMARTS) is 1. The van der Waals surface area contributed by atoms with Gasteiger partial charge in [0.25, 0.3) is 0 Å². The summed E-state index contributed by atoms with van der Waals surface area (Å²) in [5.41, 5.74) is 0.257. The lowest BCUT2D eigenvalue weighted by Crippen LogP contribution is -2.41. The molecule has 0 saturated heterocycles. The van der Waals surface area contributed by atoms with E-state index in [9.17, 15) is 14.4 Å². The molecule has 108 valence electrons. The van der Waals surface area contributed by atoms with E-state index in [1.54, 1.807) is 0 Å². The molecule has 0 aromatic heterocycles. The molecule has 7 heteroatoms. The van der Waals surface area contributed by atoms with Gasteiger partial charge in [0.2, 0.25) is 5.91 Å². The third kappa shape index (κ3) is 4.24. The molecule has 0 radical (unpaired) electrons. The van der Waals surface area contributed by atoms with Crippen LogP contribution in [-0.2, 0) is 9.59 Å². The minimum Gasteiger partial charge on any atom is -0.495 e. The first-order valence-corrected chi connectivity index (χ1v) is 6.09. The summed E-state index contributed by atoms with van der Waals surface area (Å²) >= 11 is 5.89. The molecular weight excluding hydrogens is 286 g/mol. The smallest absolute Gasteiger partial charge is 0.326 e. The number of benzene rings is 1. The number of ketones is 1. The van der Waals surface area contributed by atoms with Crippen molar-refractivity contribution < 1.29 is 24.2 Å². The van der Waals surface area contributed by atoms with Crippen molar-refractivity contribution in [3.8, 4) is 5.75 Å². The van der Waals surface area contributed by atoms with Gasteiger partial charge >= 0.3 is 5.97 Å². The molecule has 0 heterocycles. The van der Waals surface area contributed by atoms with E-state index in [0.29, 0.717) is 5.75 Å². The third-order valence-corrected chi connectivity index (χ3v) is 2.83. The largest absolute Gasteiger partial charge is 0.495 e. The van der Waals surface area contributed by atoms with Crippen LogP contribution in [0.5, 0.6) is 5.75 Å². The first-order valence-electron chi connectivity index (χ1n) is 5.71. The highest BCUT2D eigenvalue weighted by molar-refractivity contribution is 6.32. The molecule has 1 aromatic carbocycles. The van der Waals surface area contributed by atoms with Crippen molar-refractivity contribution in [2.75, 3.05) is 7.11 Å². The summed E-state index contributed by atoms with van der Waals surface area (Å²) in [4.78, 5) is 33.8. The van der Waals surface area contributed by atoms with Gasteiger partial charge in [0.05, 0.1) is 12.1 Å². The van der Waals surface area contributed by atoms with Crippen LogP contribution >= 0.6 is 11.6 Å². The number of carbonyl (C=O) groups excluding carboxylic acids is 2. The Labute approximate surface area is 120 Å². The zero-order chi connectivity index (χ0) is 15.3. The van der Waals surface area contributed by atoms with Crippen LogP contribution in [-0.4, -0.2) is 35.9 Å². The van der Waals surface area contributed by atoms with Crippen molar-refractivity contribution in [3.63, 3.8) is 0 Å². The number of carbonyl (C=O) groups is 3. The van der Waals surface area contributed by atoms with Crippen LogP contribution in [0.3, 0.4) is 0 Å². The maximum Gasteiger partial charge on any atom is 0.326 e. The van der Waals surface area contributed by atoms with Crippen LogP contribution in [0.2, 0.25) is 5.02 Å². The van der Waals surface area contributed by atoms with Gasteiger partial charge in [0.1, 0.15) is 11.8 Å². The molecule has 0 saturated carbocycles. The number of carboxylic acids is 1. The fraction of sp³-hybridized carbons (Fsp3) is 0.308. The molecule has 1 unspecified atom stereocenters. The van der Waals surface area contributed by atoms with Crippen molar-refractivity contribution in [1.29, 1.82) is 0 Å². The Morgan fingerprint density at radius 1 is 1.40 bits per heavy atom. The number of amides is 1. The van der Waals surface area contributed by atoms with E-state index >= 15 is 0 Å². The van der Waals surface area contributed by atoms with Gasteiger partial charge in [-0.1, -0.05) is 11.6 Å². The first-order chi connectivity index (χ1) is 9.35. The molecule has 6 nitrogen and oxygen atoms in total. The Balaban J connectivity index is 2.86. The second-order valence-electron chi connectivity index (χ2n) is 4.07. The lowest BCUT2D eigenvalue weighted by Gasteiger charge is -2.12. The molecular formula is C13H14ClNO5. The molecule has 1 aromatic rings. The predicted octanol–water partition coefficient (Wildman–Crippen LogP) is 1.51. The predicted molar refractivity (Wildman–Crippen MR) is 72.2 cm³/mol. The Bertz CT molecular complexity index is 544. The molecule has 0 bridgehead atoms. The maximum atomic E-state index is 12.0. The van der Waals surface area contributed by atoms with Crippen LogP contribution in [0.1, 0.15) is 23.7 Å². The molecule has 1 amide bonds. The highest BCUT2D eigenvalue weighted by Crippen LogP contribution is 2.25. The summed E-state index contributed by atoms with van der Waals surface area (Å²) in [5.74, 6) is -1.80. The molecule has 2 N–H and O–H groups in total. The molecule has 0 spiro atoms. The molecule has 1 rings (SSSR count). The van der Waals surface area contributed by atoms with Gasteiger partial charge < -0.3 is 15.2 Å². The summed E-state index contributed by atoms with van der Waals surface area (Å²) in [5, 5.41) is 11.4. The van der Waals surface area contributed by atoms with Gasteiger partial charge in [-0.25, -0.2) is 4.79 Å². The van der Waals surface area contributed by atoms with E-state index in [2.05, 4.69) is 5.32 Å². The monoisotopic (exact) mass is 299 g/mol. The molecule has 0 fully saturated rings. The van der Waals surface area contributed by atoms with E-state index in [4.69, 9.17) is 21.4 Å². The number of aliphatic carboxylic acids is 1. The minimum absolute atomic E-state index is 0.254.